The molecular formula is C14H15Cl2N3. The van der Waals surface area contributed by atoms with E-state index in [1.54, 1.807) is 0 Å². The van der Waals surface area contributed by atoms with E-state index in [4.69, 9.17) is 23.2 Å². The number of nitrogens with one attached hydrogen (secondary N) is 1. The molecule has 100 valence electrons. The molecule has 3 nitrogen and oxygen atoms in total. The van der Waals surface area contributed by atoms with Crippen LogP contribution in [0.25, 0.3) is 0 Å². The van der Waals surface area contributed by atoms with Crippen LogP contribution in [0.4, 0.5) is 5.82 Å². The molecule has 1 atom stereocenters. The van der Waals surface area contributed by atoms with Crippen LogP contribution >= 0.6 is 23.2 Å². The maximum atomic E-state index is 6.06. The Bertz CT molecular complexity index is 582. The summed E-state index contributed by atoms with van der Waals surface area (Å²) in [5.74, 6) is 1.42. The molecule has 0 spiro atoms. The van der Waals surface area contributed by atoms with Crippen LogP contribution in [0.1, 0.15) is 29.9 Å². The monoisotopic (exact) mass is 295 g/mol. The lowest BCUT2D eigenvalue weighted by atomic mass is 10.1. The Morgan fingerprint density at radius 3 is 2.32 bits per heavy atom. The molecule has 2 rings (SSSR count). The number of hydrogen-bond acceptors (Lipinski definition) is 3. The Kier molecular flexibility index (Phi) is 4.27. The van der Waals surface area contributed by atoms with E-state index in [9.17, 15) is 0 Å². The molecule has 0 saturated heterocycles. The highest BCUT2D eigenvalue weighted by molar-refractivity contribution is 6.30. The van der Waals surface area contributed by atoms with E-state index in [0.29, 0.717) is 11.0 Å². The van der Waals surface area contributed by atoms with E-state index in [1.807, 2.05) is 38.1 Å². The molecule has 0 amide bonds. The Balaban J connectivity index is 2.23. The number of hydrogen-bond donors (Lipinski definition) is 1. The molecule has 0 bridgehead atoms. The van der Waals surface area contributed by atoms with Gasteiger partial charge < -0.3 is 5.32 Å². The average Bonchev–Trinajstić information content (AvgIpc) is 2.36. The van der Waals surface area contributed by atoms with Gasteiger partial charge in [-0.15, -0.1) is 0 Å². The van der Waals surface area contributed by atoms with Gasteiger partial charge in [0.25, 0.3) is 0 Å². The Morgan fingerprint density at radius 2 is 1.68 bits per heavy atom. The summed E-state index contributed by atoms with van der Waals surface area (Å²) < 4.78 is 0. The lowest BCUT2D eigenvalue weighted by molar-refractivity contribution is 0.862. The second-order valence-corrected chi connectivity index (χ2v) is 5.25. The van der Waals surface area contributed by atoms with Gasteiger partial charge in [-0.2, -0.15) is 0 Å². The molecule has 0 saturated carbocycles. The summed E-state index contributed by atoms with van der Waals surface area (Å²) in [6, 6.07) is 7.84. The van der Waals surface area contributed by atoms with E-state index in [2.05, 4.69) is 22.2 Å². The van der Waals surface area contributed by atoms with Crippen LogP contribution in [0.5, 0.6) is 0 Å². The zero-order valence-corrected chi connectivity index (χ0v) is 12.5. The van der Waals surface area contributed by atoms with Gasteiger partial charge in [-0.1, -0.05) is 35.3 Å². The van der Waals surface area contributed by atoms with Crippen molar-refractivity contribution in [3.63, 3.8) is 0 Å². The van der Waals surface area contributed by atoms with Crippen molar-refractivity contribution < 1.29 is 0 Å². The minimum absolute atomic E-state index is 0.112. The van der Waals surface area contributed by atoms with Crippen LogP contribution < -0.4 is 5.32 Å². The van der Waals surface area contributed by atoms with E-state index >= 15 is 0 Å². The van der Waals surface area contributed by atoms with Gasteiger partial charge in [0.15, 0.2) is 0 Å². The van der Waals surface area contributed by atoms with Crippen molar-refractivity contribution in [1.29, 1.82) is 0 Å². The number of rotatable bonds is 3. The number of aryl methyl sites for hydroxylation is 1. The number of anilines is 1. The van der Waals surface area contributed by atoms with Crippen LogP contribution in [-0.4, -0.2) is 9.97 Å². The fourth-order valence-electron chi connectivity index (χ4n) is 1.77. The largest absolute Gasteiger partial charge is 0.363 e. The lowest BCUT2D eigenvalue weighted by Crippen LogP contribution is -2.10. The molecule has 1 unspecified atom stereocenters. The van der Waals surface area contributed by atoms with Crippen molar-refractivity contribution in [3.8, 4) is 0 Å². The summed E-state index contributed by atoms with van der Waals surface area (Å²) in [5, 5.41) is 4.56. The van der Waals surface area contributed by atoms with Gasteiger partial charge in [0.1, 0.15) is 16.8 Å². The second kappa shape index (κ2) is 5.76. The Labute approximate surface area is 123 Å². The van der Waals surface area contributed by atoms with Crippen LogP contribution in [-0.2, 0) is 0 Å². The Hall–Kier alpha value is -1.32. The maximum Gasteiger partial charge on any atom is 0.137 e. The summed E-state index contributed by atoms with van der Waals surface area (Å²) in [4.78, 5) is 8.51. The molecule has 2 aromatic rings. The first-order chi connectivity index (χ1) is 8.97. The van der Waals surface area contributed by atoms with E-state index < -0.39 is 0 Å². The van der Waals surface area contributed by atoms with Gasteiger partial charge in [0.05, 0.1) is 0 Å². The SMILES string of the molecule is Cc1nc(Cl)c(C)c(NC(C)c2ccc(Cl)cc2)n1. The molecule has 5 heteroatoms. The number of halogens is 2. The molecule has 0 radical (unpaired) electrons. The van der Waals surface area contributed by atoms with Crippen LogP contribution in [0.15, 0.2) is 24.3 Å². The molecule has 1 aromatic carbocycles. The normalized spacial score (nSPS) is 12.3. The highest BCUT2D eigenvalue weighted by Gasteiger charge is 2.11. The van der Waals surface area contributed by atoms with Gasteiger partial charge in [-0.25, -0.2) is 9.97 Å². The van der Waals surface area contributed by atoms with Crippen molar-refractivity contribution in [2.45, 2.75) is 26.8 Å². The Morgan fingerprint density at radius 1 is 1.05 bits per heavy atom. The summed E-state index contributed by atoms with van der Waals surface area (Å²) in [6.07, 6.45) is 0. The third-order valence-corrected chi connectivity index (χ3v) is 3.54. The predicted molar refractivity (Wildman–Crippen MR) is 80.0 cm³/mol. The topological polar surface area (TPSA) is 37.8 Å². The maximum absolute atomic E-state index is 6.06. The van der Waals surface area contributed by atoms with Crippen molar-refractivity contribution in [2.24, 2.45) is 0 Å². The molecule has 1 N–H and O–H groups in total. The smallest absolute Gasteiger partial charge is 0.137 e. The molecule has 0 fully saturated rings. The van der Waals surface area contributed by atoms with E-state index in [-0.39, 0.29) is 6.04 Å². The third kappa shape index (κ3) is 3.37. The van der Waals surface area contributed by atoms with Crippen molar-refractivity contribution in [1.82, 2.24) is 9.97 Å². The lowest BCUT2D eigenvalue weighted by Gasteiger charge is -2.17. The van der Waals surface area contributed by atoms with Gasteiger partial charge in [-0.05, 0) is 38.5 Å². The summed E-state index contributed by atoms with van der Waals surface area (Å²) >= 11 is 11.9. The molecular weight excluding hydrogens is 281 g/mol. The predicted octanol–water partition coefficient (Wildman–Crippen LogP) is 4.57. The van der Waals surface area contributed by atoms with Crippen LogP contribution in [0.2, 0.25) is 10.2 Å². The second-order valence-electron chi connectivity index (χ2n) is 4.45. The van der Waals surface area contributed by atoms with E-state index in [0.717, 1.165) is 22.0 Å². The first-order valence-corrected chi connectivity index (χ1v) is 6.75. The van der Waals surface area contributed by atoms with Crippen LogP contribution in [0.3, 0.4) is 0 Å². The third-order valence-electron chi connectivity index (χ3n) is 2.92. The van der Waals surface area contributed by atoms with Crippen molar-refractivity contribution in [2.75, 3.05) is 5.32 Å². The summed E-state index contributed by atoms with van der Waals surface area (Å²) in [5.41, 5.74) is 1.99. The number of benzene rings is 1. The molecule has 1 aromatic heterocycles. The van der Waals surface area contributed by atoms with Crippen molar-refractivity contribution in [3.05, 3.63) is 51.4 Å². The average molecular weight is 296 g/mol. The minimum Gasteiger partial charge on any atom is -0.363 e. The van der Waals surface area contributed by atoms with Gasteiger partial charge in [0, 0.05) is 16.6 Å². The number of aromatic nitrogens is 2. The highest BCUT2D eigenvalue weighted by atomic mass is 35.5. The molecule has 0 aliphatic heterocycles. The molecule has 1 heterocycles. The van der Waals surface area contributed by atoms with E-state index in [1.165, 1.54) is 0 Å². The highest BCUT2D eigenvalue weighted by Crippen LogP contribution is 2.24. The van der Waals surface area contributed by atoms with Gasteiger partial charge in [-0.3, -0.25) is 0 Å². The number of nitrogens with zero attached hydrogens (tertiary/aromatic N) is 2. The fraction of sp³-hybridized carbons (Fsp3) is 0.286. The quantitative estimate of drug-likeness (QED) is 0.843. The standard InChI is InChI=1S/C14H15Cl2N3/c1-8-13(16)18-10(3)19-14(8)17-9(2)11-4-6-12(15)7-5-11/h4-7,9H,1-3H3,(H,17,18,19). The fourth-order valence-corrected chi connectivity index (χ4v) is 2.11. The molecule has 19 heavy (non-hydrogen) atoms. The van der Waals surface area contributed by atoms with Gasteiger partial charge >= 0.3 is 0 Å². The summed E-state index contributed by atoms with van der Waals surface area (Å²) in [7, 11) is 0. The molecule has 0 aliphatic rings. The zero-order chi connectivity index (χ0) is 14.0. The minimum atomic E-state index is 0.112. The molecule has 0 aliphatic carbocycles. The van der Waals surface area contributed by atoms with Gasteiger partial charge in [0.2, 0.25) is 0 Å². The first-order valence-electron chi connectivity index (χ1n) is 6.00. The zero-order valence-electron chi connectivity index (χ0n) is 11.0. The summed E-state index contributed by atoms with van der Waals surface area (Å²) in [6.45, 7) is 5.79. The van der Waals surface area contributed by atoms with Crippen molar-refractivity contribution >= 4 is 29.0 Å². The van der Waals surface area contributed by atoms with Crippen LogP contribution in [0, 0.1) is 13.8 Å². The first kappa shape index (κ1) is 14.1.